The molecule has 1 aromatic carbocycles. The van der Waals surface area contributed by atoms with Crippen LogP contribution in [0.15, 0.2) is 30.3 Å². The average molecular weight is 558 g/mol. The lowest BCUT2D eigenvalue weighted by atomic mass is 9.87. The van der Waals surface area contributed by atoms with Crippen LogP contribution in [0.3, 0.4) is 0 Å². The Kier molecular flexibility index (Phi) is 15.6. The second kappa shape index (κ2) is 17.2. The summed E-state index contributed by atoms with van der Waals surface area (Å²) < 4.78 is 35.2. The van der Waals surface area contributed by atoms with Gasteiger partial charge in [-0.05, 0) is 50.5 Å². The predicted octanol–water partition coefficient (Wildman–Crippen LogP) is 4.28. The van der Waals surface area contributed by atoms with Crippen LogP contribution in [0.4, 0.5) is 0 Å². The van der Waals surface area contributed by atoms with Gasteiger partial charge in [0.1, 0.15) is 15.9 Å². The highest BCUT2D eigenvalue weighted by Gasteiger charge is 2.30. The fourth-order valence-corrected chi connectivity index (χ4v) is 4.98. The zero-order valence-corrected chi connectivity index (χ0v) is 24.8. The number of hydrogen-bond acceptors (Lipinski definition) is 8. The SMILES string of the molecule is CCC(C)[C@H](CC[C@@H](N)CS)CO[C@@H](Cc1ccccc1)C(=O)C[C@@H](CCS(C)(=O)=O)C(=O)OC(C)C. The summed E-state index contributed by atoms with van der Waals surface area (Å²) in [5.41, 5.74) is 7.04. The van der Waals surface area contributed by atoms with Gasteiger partial charge in [-0.15, -0.1) is 0 Å². The molecule has 0 aliphatic heterocycles. The fourth-order valence-electron chi connectivity index (χ4n) is 4.08. The molecule has 2 N–H and O–H groups in total. The van der Waals surface area contributed by atoms with Crippen molar-refractivity contribution in [2.45, 2.75) is 84.5 Å². The smallest absolute Gasteiger partial charge is 0.309 e. The van der Waals surface area contributed by atoms with Crippen molar-refractivity contribution in [2.24, 2.45) is 23.5 Å². The lowest BCUT2D eigenvalue weighted by Crippen LogP contribution is -2.34. The number of carbonyl (C=O) groups is 2. The van der Waals surface area contributed by atoms with Crippen molar-refractivity contribution >= 4 is 34.2 Å². The van der Waals surface area contributed by atoms with Crippen LogP contribution in [-0.2, 0) is 35.3 Å². The molecule has 5 atom stereocenters. The van der Waals surface area contributed by atoms with E-state index in [1.165, 1.54) is 0 Å². The number of nitrogens with two attached hydrogens (primary N) is 1. The molecule has 0 fully saturated rings. The van der Waals surface area contributed by atoms with Crippen LogP contribution in [0, 0.1) is 17.8 Å². The number of benzene rings is 1. The first-order valence-corrected chi connectivity index (χ1v) is 16.0. The van der Waals surface area contributed by atoms with Crippen molar-refractivity contribution in [2.75, 3.05) is 24.4 Å². The second-order valence-corrected chi connectivity index (χ2v) is 13.1. The van der Waals surface area contributed by atoms with Crippen molar-refractivity contribution < 1.29 is 27.5 Å². The average Bonchev–Trinajstić information content (AvgIpc) is 2.84. The van der Waals surface area contributed by atoms with E-state index >= 15 is 0 Å². The summed E-state index contributed by atoms with van der Waals surface area (Å²) in [6.07, 6.45) is 2.98. The van der Waals surface area contributed by atoms with E-state index in [2.05, 4.69) is 26.5 Å². The van der Waals surface area contributed by atoms with E-state index in [9.17, 15) is 18.0 Å². The number of Topliss-reactive ketones (excluding diaryl/α,β-unsaturated/α-hetero) is 1. The van der Waals surface area contributed by atoms with Crippen LogP contribution in [-0.4, -0.2) is 62.8 Å². The van der Waals surface area contributed by atoms with Crippen LogP contribution in [0.2, 0.25) is 0 Å². The van der Waals surface area contributed by atoms with E-state index in [1.807, 2.05) is 30.3 Å². The number of esters is 1. The molecule has 0 aliphatic carbocycles. The van der Waals surface area contributed by atoms with Crippen LogP contribution in [0.5, 0.6) is 0 Å². The van der Waals surface area contributed by atoms with Gasteiger partial charge in [-0.25, -0.2) is 8.42 Å². The summed E-state index contributed by atoms with van der Waals surface area (Å²) in [5.74, 6) is -0.571. The van der Waals surface area contributed by atoms with Crippen molar-refractivity contribution in [3.8, 4) is 0 Å². The van der Waals surface area contributed by atoms with E-state index in [-0.39, 0.29) is 42.4 Å². The van der Waals surface area contributed by atoms with Crippen molar-refractivity contribution in [1.82, 2.24) is 0 Å². The number of carbonyl (C=O) groups excluding carboxylic acids is 2. The van der Waals surface area contributed by atoms with E-state index < -0.39 is 27.8 Å². The molecule has 0 aromatic heterocycles. The lowest BCUT2D eigenvalue weighted by molar-refractivity contribution is -0.155. The summed E-state index contributed by atoms with van der Waals surface area (Å²) in [6.45, 7) is 8.17. The van der Waals surface area contributed by atoms with Gasteiger partial charge >= 0.3 is 5.97 Å². The number of ketones is 1. The van der Waals surface area contributed by atoms with Crippen molar-refractivity contribution in [3.05, 3.63) is 35.9 Å². The molecule has 0 aliphatic rings. The highest BCUT2D eigenvalue weighted by atomic mass is 32.2. The Bertz CT molecular complexity index is 907. The van der Waals surface area contributed by atoms with Gasteiger partial charge in [0.15, 0.2) is 5.78 Å². The number of thiol groups is 1. The van der Waals surface area contributed by atoms with Crippen molar-refractivity contribution in [1.29, 1.82) is 0 Å². The first-order valence-electron chi connectivity index (χ1n) is 13.3. The highest BCUT2D eigenvalue weighted by Crippen LogP contribution is 2.24. The zero-order chi connectivity index (χ0) is 28.0. The summed E-state index contributed by atoms with van der Waals surface area (Å²) in [6, 6.07) is 9.62. The third-order valence-corrected chi connectivity index (χ3v) is 8.14. The molecular weight excluding hydrogens is 510 g/mol. The number of sulfone groups is 1. The molecule has 1 rings (SSSR count). The Morgan fingerprint density at radius 2 is 1.70 bits per heavy atom. The quantitative estimate of drug-likeness (QED) is 0.193. The third-order valence-electron chi connectivity index (χ3n) is 6.70. The molecule has 0 bridgehead atoms. The maximum atomic E-state index is 13.5. The van der Waals surface area contributed by atoms with Crippen LogP contribution >= 0.6 is 12.6 Å². The zero-order valence-electron chi connectivity index (χ0n) is 23.1. The minimum absolute atomic E-state index is 0.0132. The van der Waals surface area contributed by atoms with Gasteiger partial charge in [0.25, 0.3) is 0 Å². The van der Waals surface area contributed by atoms with Crippen molar-refractivity contribution in [3.63, 3.8) is 0 Å². The van der Waals surface area contributed by atoms with Gasteiger partial charge < -0.3 is 15.2 Å². The summed E-state index contributed by atoms with van der Waals surface area (Å²) >= 11 is 4.29. The normalized spacial score (nSPS) is 16.1. The second-order valence-electron chi connectivity index (χ2n) is 10.4. The summed E-state index contributed by atoms with van der Waals surface area (Å²) in [4.78, 5) is 26.3. The Balaban J connectivity index is 3.08. The van der Waals surface area contributed by atoms with Crippen LogP contribution < -0.4 is 5.73 Å². The molecule has 37 heavy (non-hydrogen) atoms. The molecular formula is C28H47NO6S2. The molecule has 0 radical (unpaired) electrons. The molecule has 0 heterocycles. The monoisotopic (exact) mass is 557 g/mol. The molecule has 0 amide bonds. The topological polar surface area (TPSA) is 113 Å². The van der Waals surface area contributed by atoms with Gasteiger partial charge in [-0.2, -0.15) is 12.6 Å². The minimum Gasteiger partial charge on any atom is -0.463 e. The van der Waals surface area contributed by atoms with Gasteiger partial charge in [-0.1, -0.05) is 50.6 Å². The van der Waals surface area contributed by atoms with Gasteiger partial charge in [0.05, 0.1) is 24.4 Å². The maximum absolute atomic E-state index is 13.5. The third kappa shape index (κ3) is 14.3. The molecule has 9 heteroatoms. The minimum atomic E-state index is -3.30. The summed E-state index contributed by atoms with van der Waals surface area (Å²) in [5, 5.41) is 0. The Morgan fingerprint density at radius 1 is 1.05 bits per heavy atom. The largest absolute Gasteiger partial charge is 0.463 e. The number of hydrogen-bond donors (Lipinski definition) is 2. The Labute approximate surface area is 229 Å². The maximum Gasteiger partial charge on any atom is 0.309 e. The standard InChI is InChI=1S/C28H47NO6S2/c1-6-21(4)24(12-13-25(29)19-36)18-34-27(16-22-10-8-7-9-11-22)26(30)17-23(14-15-37(5,32)33)28(31)35-20(2)3/h7-11,20-21,23-25,27,36H,6,12-19,29H2,1-5H3/t21?,23-,24-,25-,27+/m1/s1. The first kappa shape index (κ1) is 33.6. The molecule has 1 aromatic rings. The molecule has 0 saturated carbocycles. The van der Waals surface area contributed by atoms with E-state index in [0.29, 0.717) is 24.7 Å². The fraction of sp³-hybridized carbons (Fsp3) is 0.714. The van der Waals surface area contributed by atoms with Gasteiger partial charge in [-0.3, -0.25) is 9.59 Å². The van der Waals surface area contributed by atoms with E-state index in [0.717, 1.165) is 31.1 Å². The first-order chi connectivity index (χ1) is 17.4. The molecule has 212 valence electrons. The van der Waals surface area contributed by atoms with Crippen LogP contribution in [0.25, 0.3) is 0 Å². The van der Waals surface area contributed by atoms with Gasteiger partial charge in [0, 0.05) is 30.9 Å². The van der Waals surface area contributed by atoms with Crippen LogP contribution in [0.1, 0.15) is 65.4 Å². The van der Waals surface area contributed by atoms with Gasteiger partial charge in [0.2, 0.25) is 0 Å². The Morgan fingerprint density at radius 3 is 2.24 bits per heavy atom. The lowest BCUT2D eigenvalue weighted by Gasteiger charge is -2.27. The Hall–Kier alpha value is -1.42. The molecule has 0 saturated heterocycles. The number of ether oxygens (including phenoxy) is 2. The summed E-state index contributed by atoms with van der Waals surface area (Å²) in [7, 11) is -3.30. The molecule has 7 nitrogen and oxygen atoms in total. The molecule has 1 unspecified atom stereocenters. The van der Waals surface area contributed by atoms with E-state index in [4.69, 9.17) is 15.2 Å². The number of rotatable bonds is 19. The van der Waals surface area contributed by atoms with E-state index in [1.54, 1.807) is 13.8 Å². The molecule has 0 spiro atoms. The predicted molar refractivity (Wildman–Crippen MR) is 153 cm³/mol. The highest BCUT2D eigenvalue weighted by molar-refractivity contribution is 7.90.